The van der Waals surface area contributed by atoms with E-state index < -0.39 is 11.2 Å². The van der Waals surface area contributed by atoms with Gasteiger partial charge in [-0.25, -0.2) is 9.78 Å². The number of imidazole rings is 1. The zero-order chi connectivity index (χ0) is 21.7. The van der Waals surface area contributed by atoms with E-state index in [0.29, 0.717) is 12.2 Å². The number of nitrogens with one attached hydrogen (secondary N) is 1. The first-order valence-corrected chi connectivity index (χ1v) is 9.74. The standard InChI is InChI=1S/C18H20N10O3/c1-24-16-15(17(30)25(2)18(24)31)27(9-19-16)8-14(29)21-11-5-6-26(7-11)13-4-3-12-22-20-10-28(12)23-13/h3-4,9-11H,5-8H2,1-2H3,(H,21,29)/t11-/m0/s1. The van der Waals surface area contributed by atoms with Crippen LogP contribution in [0.1, 0.15) is 6.42 Å². The van der Waals surface area contributed by atoms with Gasteiger partial charge in [0.1, 0.15) is 18.7 Å². The van der Waals surface area contributed by atoms with Crippen molar-refractivity contribution in [1.82, 2.24) is 43.8 Å². The summed E-state index contributed by atoms with van der Waals surface area (Å²) < 4.78 is 5.38. The van der Waals surface area contributed by atoms with E-state index in [1.54, 1.807) is 17.9 Å². The number of aryl methyl sites for hydroxylation is 1. The number of carbonyl (C=O) groups excluding carboxylic acids is 1. The Hall–Kier alpha value is -4.03. The summed E-state index contributed by atoms with van der Waals surface area (Å²) in [4.78, 5) is 43.4. The first kappa shape index (κ1) is 19.0. The highest BCUT2D eigenvalue weighted by Gasteiger charge is 2.26. The fourth-order valence-electron chi connectivity index (χ4n) is 3.92. The number of aromatic nitrogens is 8. The minimum Gasteiger partial charge on any atom is -0.353 e. The third kappa shape index (κ3) is 3.14. The van der Waals surface area contributed by atoms with Crippen molar-refractivity contribution in [2.75, 3.05) is 18.0 Å². The van der Waals surface area contributed by atoms with E-state index in [9.17, 15) is 14.4 Å². The number of hydrogen-bond donors (Lipinski definition) is 1. The lowest BCUT2D eigenvalue weighted by Crippen LogP contribution is -2.40. The van der Waals surface area contributed by atoms with Gasteiger partial charge in [-0.1, -0.05) is 0 Å². The van der Waals surface area contributed by atoms with E-state index in [1.165, 1.54) is 22.5 Å². The van der Waals surface area contributed by atoms with Crippen LogP contribution >= 0.6 is 0 Å². The lowest BCUT2D eigenvalue weighted by molar-refractivity contribution is -0.122. The molecule has 13 heteroatoms. The second kappa shape index (κ2) is 7.04. The topological polar surface area (TPSA) is 137 Å². The fraction of sp³-hybridized carbons (Fsp3) is 0.389. The van der Waals surface area contributed by atoms with Gasteiger partial charge >= 0.3 is 5.69 Å². The molecule has 0 bridgehead atoms. The van der Waals surface area contributed by atoms with Crippen molar-refractivity contribution in [2.45, 2.75) is 19.0 Å². The highest BCUT2D eigenvalue weighted by Crippen LogP contribution is 2.18. The number of fused-ring (bicyclic) bond motifs is 2. The maximum Gasteiger partial charge on any atom is 0.332 e. The van der Waals surface area contributed by atoms with Crippen molar-refractivity contribution in [1.29, 1.82) is 0 Å². The SMILES string of the molecule is Cn1c(=O)c2c(ncn2CC(=O)N[C@H]2CCN(c3ccc4nncn4n3)C2)n(C)c1=O. The van der Waals surface area contributed by atoms with Gasteiger partial charge in [0.25, 0.3) is 5.56 Å². The van der Waals surface area contributed by atoms with E-state index in [-0.39, 0.29) is 29.7 Å². The molecule has 160 valence electrons. The first-order chi connectivity index (χ1) is 14.9. The van der Waals surface area contributed by atoms with Gasteiger partial charge in [0.2, 0.25) is 5.91 Å². The average Bonchev–Trinajstić information content (AvgIpc) is 3.49. The van der Waals surface area contributed by atoms with Crippen LogP contribution in [0.25, 0.3) is 16.8 Å². The number of carbonyl (C=O) groups is 1. The molecule has 1 aliphatic rings. The third-order valence-corrected chi connectivity index (χ3v) is 5.56. The normalized spacial score (nSPS) is 16.5. The summed E-state index contributed by atoms with van der Waals surface area (Å²) in [5.41, 5.74) is 0.203. The van der Waals surface area contributed by atoms with Gasteiger partial charge in [0.05, 0.1) is 6.33 Å². The summed E-state index contributed by atoms with van der Waals surface area (Å²) in [6, 6.07) is 3.68. The predicted octanol–water partition coefficient (Wildman–Crippen LogP) is -1.73. The maximum absolute atomic E-state index is 12.6. The molecule has 0 saturated carbocycles. The van der Waals surface area contributed by atoms with Crippen LogP contribution in [0.4, 0.5) is 5.82 Å². The van der Waals surface area contributed by atoms with Crippen LogP contribution in [-0.2, 0) is 25.4 Å². The Labute approximate surface area is 174 Å². The summed E-state index contributed by atoms with van der Waals surface area (Å²) in [6.07, 6.45) is 3.72. The molecule has 5 heterocycles. The fourth-order valence-corrected chi connectivity index (χ4v) is 3.92. The smallest absolute Gasteiger partial charge is 0.332 e. The van der Waals surface area contributed by atoms with Crippen molar-refractivity contribution in [2.24, 2.45) is 14.1 Å². The Morgan fingerprint density at radius 2 is 2.03 bits per heavy atom. The van der Waals surface area contributed by atoms with Crippen LogP contribution in [0.2, 0.25) is 0 Å². The predicted molar refractivity (Wildman–Crippen MR) is 110 cm³/mol. The lowest BCUT2D eigenvalue weighted by atomic mass is 10.2. The molecular formula is C18H20N10O3. The Morgan fingerprint density at radius 1 is 1.19 bits per heavy atom. The average molecular weight is 424 g/mol. The largest absolute Gasteiger partial charge is 0.353 e. The van der Waals surface area contributed by atoms with Crippen LogP contribution in [0.5, 0.6) is 0 Å². The highest BCUT2D eigenvalue weighted by atomic mass is 16.2. The van der Waals surface area contributed by atoms with E-state index in [4.69, 9.17) is 0 Å². The van der Waals surface area contributed by atoms with Gasteiger partial charge in [-0.3, -0.25) is 18.7 Å². The summed E-state index contributed by atoms with van der Waals surface area (Å²) in [7, 11) is 2.94. The Balaban J connectivity index is 1.29. The molecule has 0 aromatic carbocycles. The van der Waals surface area contributed by atoms with Crippen LogP contribution in [-0.4, -0.2) is 63.5 Å². The van der Waals surface area contributed by atoms with E-state index in [2.05, 4.69) is 30.5 Å². The molecule has 5 rings (SSSR count). The lowest BCUT2D eigenvalue weighted by Gasteiger charge is -2.18. The molecule has 1 amide bonds. The van der Waals surface area contributed by atoms with Gasteiger partial charge in [-0.05, 0) is 18.6 Å². The molecular weight excluding hydrogens is 404 g/mol. The van der Waals surface area contributed by atoms with Gasteiger partial charge in [-0.15, -0.1) is 15.3 Å². The second-order valence-corrected chi connectivity index (χ2v) is 7.57. The van der Waals surface area contributed by atoms with Gasteiger partial charge in [0.15, 0.2) is 16.8 Å². The summed E-state index contributed by atoms with van der Waals surface area (Å²) in [6.45, 7) is 1.31. The van der Waals surface area contributed by atoms with Crippen molar-refractivity contribution >= 4 is 28.5 Å². The van der Waals surface area contributed by atoms with E-state index >= 15 is 0 Å². The Morgan fingerprint density at radius 3 is 2.87 bits per heavy atom. The molecule has 0 spiro atoms. The van der Waals surface area contributed by atoms with Gasteiger partial charge in [0, 0.05) is 33.2 Å². The van der Waals surface area contributed by atoms with Crippen LogP contribution in [0.15, 0.2) is 34.4 Å². The van der Waals surface area contributed by atoms with Crippen LogP contribution in [0.3, 0.4) is 0 Å². The molecule has 4 aromatic rings. The molecule has 0 aliphatic carbocycles. The molecule has 1 fully saturated rings. The van der Waals surface area contributed by atoms with Gasteiger partial charge < -0.3 is 14.8 Å². The van der Waals surface area contributed by atoms with Crippen LogP contribution in [0, 0.1) is 0 Å². The number of anilines is 1. The van der Waals surface area contributed by atoms with Gasteiger partial charge in [-0.2, -0.15) is 4.52 Å². The van der Waals surface area contributed by atoms with Crippen molar-refractivity contribution in [3.63, 3.8) is 0 Å². The summed E-state index contributed by atoms with van der Waals surface area (Å²) >= 11 is 0. The Kier molecular flexibility index (Phi) is 4.30. The zero-order valence-corrected chi connectivity index (χ0v) is 17.0. The molecule has 1 N–H and O–H groups in total. The molecule has 1 saturated heterocycles. The molecule has 0 unspecified atom stereocenters. The Bertz CT molecular complexity index is 1430. The number of amides is 1. The number of hydrogen-bond acceptors (Lipinski definition) is 8. The monoisotopic (exact) mass is 424 g/mol. The minimum absolute atomic E-state index is 0.0483. The quantitative estimate of drug-likeness (QED) is 0.408. The molecule has 0 radical (unpaired) electrons. The van der Waals surface area contributed by atoms with Crippen molar-refractivity contribution in [3.8, 4) is 0 Å². The highest BCUT2D eigenvalue weighted by molar-refractivity contribution is 5.79. The van der Waals surface area contributed by atoms with E-state index in [1.807, 2.05) is 12.1 Å². The minimum atomic E-state index is -0.481. The third-order valence-electron chi connectivity index (χ3n) is 5.56. The summed E-state index contributed by atoms with van der Waals surface area (Å²) in [5, 5.41) is 15.3. The van der Waals surface area contributed by atoms with Crippen LogP contribution < -0.4 is 21.5 Å². The van der Waals surface area contributed by atoms with E-state index in [0.717, 1.165) is 23.4 Å². The summed E-state index contributed by atoms with van der Waals surface area (Å²) in [5.74, 6) is 0.554. The zero-order valence-electron chi connectivity index (χ0n) is 17.0. The van der Waals surface area contributed by atoms with Crippen molar-refractivity contribution in [3.05, 3.63) is 45.6 Å². The molecule has 4 aromatic heterocycles. The number of nitrogens with zero attached hydrogens (tertiary/aromatic N) is 9. The first-order valence-electron chi connectivity index (χ1n) is 9.74. The molecule has 13 nitrogen and oxygen atoms in total. The molecule has 1 atom stereocenters. The maximum atomic E-state index is 12.6. The molecule has 1 aliphatic heterocycles. The number of rotatable bonds is 4. The molecule has 31 heavy (non-hydrogen) atoms. The second-order valence-electron chi connectivity index (χ2n) is 7.57. The van der Waals surface area contributed by atoms with Crippen molar-refractivity contribution < 1.29 is 4.79 Å².